The molecule has 0 radical (unpaired) electrons. The normalized spacial score (nSPS) is 14.2. The second-order valence-corrected chi connectivity index (χ2v) is 5.22. The summed E-state index contributed by atoms with van der Waals surface area (Å²) in [6.07, 6.45) is 2.88. The van der Waals surface area contributed by atoms with Gasteiger partial charge in [0.05, 0.1) is 6.61 Å². The number of rotatable bonds is 8. The zero-order valence-electron chi connectivity index (χ0n) is 11.4. The third kappa shape index (κ3) is 4.42. The molecule has 0 aromatic carbocycles. The van der Waals surface area contributed by atoms with E-state index in [1.807, 2.05) is 13.8 Å². The van der Waals surface area contributed by atoms with E-state index in [0.717, 1.165) is 19.3 Å². The number of nitrogens with one attached hydrogen (secondary N) is 1. The van der Waals surface area contributed by atoms with E-state index in [1.165, 1.54) is 4.88 Å². The highest BCUT2D eigenvalue weighted by Crippen LogP contribution is 2.24. The minimum Gasteiger partial charge on any atom is -0.465 e. The molecule has 1 rings (SSSR count). The van der Waals surface area contributed by atoms with Gasteiger partial charge in [-0.05, 0) is 31.2 Å². The van der Waals surface area contributed by atoms with Gasteiger partial charge in [0, 0.05) is 10.9 Å². The Balaban J connectivity index is 2.66. The largest absolute Gasteiger partial charge is 0.465 e. The maximum absolute atomic E-state index is 11.8. The van der Waals surface area contributed by atoms with E-state index in [2.05, 4.69) is 29.8 Å². The van der Waals surface area contributed by atoms with Crippen LogP contribution >= 0.6 is 11.3 Å². The zero-order chi connectivity index (χ0) is 13.4. The summed E-state index contributed by atoms with van der Waals surface area (Å²) in [5, 5.41) is 5.50. The van der Waals surface area contributed by atoms with Gasteiger partial charge in [-0.2, -0.15) is 0 Å². The molecule has 0 bridgehead atoms. The molecule has 1 aromatic heterocycles. The summed E-state index contributed by atoms with van der Waals surface area (Å²) in [4.78, 5) is 13.1. The maximum atomic E-state index is 11.8. The lowest BCUT2D eigenvalue weighted by Gasteiger charge is -2.22. The van der Waals surface area contributed by atoms with Gasteiger partial charge in [-0.25, -0.2) is 0 Å². The van der Waals surface area contributed by atoms with Gasteiger partial charge in [-0.3, -0.25) is 10.1 Å². The van der Waals surface area contributed by atoms with E-state index in [1.54, 1.807) is 11.3 Å². The Morgan fingerprint density at radius 2 is 2.22 bits per heavy atom. The van der Waals surface area contributed by atoms with Crippen LogP contribution in [0.15, 0.2) is 17.5 Å². The molecule has 0 aliphatic heterocycles. The van der Waals surface area contributed by atoms with Crippen LogP contribution < -0.4 is 5.32 Å². The zero-order valence-corrected chi connectivity index (χ0v) is 12.3. The Kier molecular flexibility index (Phi) is 6.98. The predicted octanol–water partition coefficient (Wildman–Crippen LogP) is 3.52. The van der Waals surface area contributed by atoms with E-state index in [0.29, 0.717) is 6.61 Å². The highest BCUT2D eigenvalue weighted by atomic mass is 32.1. The van der Waals surface area contributed by atoms with Crippen LogP contribution in [-0.2, 0) is 9.53 Å². The molecule has 3 nitrogen and oxygen atoms in total. The van der Waals surface area contributed by atoms with E-state index in [4.69, 9.17) is 4.74 Å². The summed E-state index contributed by atoms with van der Waals surface area (Å²) in [6, 6.07) is 4.22. The molecule has 4 heteroatoms. The molecule has 18 heavy (non-hydrogen) atoms. The van der Waals surface area contributed by atoms with Crippen molar-refractivity contribution in [3.05, 3.63) is 22.4 Å². The van der Waals surface area contributed by atoms with Crippen LogP contribution in [-0.4, -0.2) is 18.6 Å². The lowest BCUT2D eigenvalue weighted by atomic mass is 10.1. The van der Waals surface area contributed by atoms with Gasteiger partial charge in [-0.1, -0.05) is 26.3 Å². The first-order valence-electron chi connectivity index (χ1n) is 6.68. The Labute approximate surface area is 114 Å². The van der Waals surface area contributed by atoms with Crippen molar-refractivity contribution < 1.29 is 9.53 Å². The molecule has 102 valence electrons. The van der Waals surface area contributed by atoms with Gasteiger partial charge in [0.2, 0.25) is 0 Å². The fourth-order valence-corrected chi connectivity index (χ4v) is 2.75. The summed E-state index contributed by atoms with van der Waals surface area (Å²) in [5.74, 6) is -0.141. The predicted molar refractivity (Wildman–Crippen MR) is 75.8 cm³/mol. The van der Waals surface area contributed by atoms with E-state index in [9.17, 15) is 4.79 Å². The number of hydrogen-bond acceptors (Lipinski definition) is 4. The third-order valence-electron chi connectivity index (χ3n) is 2.85. The number of hydrogen-bond donors (Lipinski definition) is 1. The van der Waals surface area contributed by atoms with Crippen molar-refractivity contribution in [2.24, 2.45) is 0 Å². The highest BCUT2D eigenvalue weighted by Gasteiger charge is 2.22. The lowest BCUT2D eigenvalue weighted by molar-refractivity contribution is -0.146. The fourth-order valence-electron chi connectivity index (χ4n) is 1.92. The highest BCUT2D eigenvalue weighted by molar-refractivity contribution is 7.10. The first kappa shape index (κ1) is 15.2. The summed E-state index contributed by atoms with van der Waals surface area (Å²) in [7, 11) is 0. The van der Waals surface area contributed by atoms with Crippen LogP contribution in [0.1, 0.15) is 51.0 Å². The summed E-state index contributed by atoms with van der Waals surface area (Å²) in [6.45, 7) is 6.45. The Morgan fingerprint density at radius 3 is 2.72 bits per heavy atom. The monoisotopic (exact) mass is 269 g/mol. The number of carbonyl (C=O) groups excluding carboxylic acids is 1. The lowest BCUT2D eigenvalue weighted by Crippen LogP contribution is -2.39. The Morgan fingerprint density at radius 1 is 1.44 bits per heavy atom. The average Bonchev–Trinajstić information content (AvgIpc) is 2.88. The Bertz CT molecular complexity index is 338. The molecule has 1 aromatic rings. The molecule has 2 unspecified atom stereocenters. The molecule has 0 aliphatic carbocycles. The van der Waals surface area contributed by atoms with Crippen molar-refractivity contribution in [1.82, 2.24) is 5.32 Å². The third-order valence-corrected chi connectivity index (χ3v) is 3.83. The SMILES string of the molecule is CCCC(NC(CC)C(=O)OCC)c1cccs1. The topological polar surface area (TPSA) is 38.3 Å². The molecule has 0 aliphatic rings. The van der Waals surface area contributed by atoms with Crippen LogP contribution in [0.3, 0.4) is 0 Å². The fraction of sp³-hybridized carbons (Fsp3) is 0.643. The van der Waals surface area contributed by atoms with Crippen LogP contribution in [0.2, 0.25) is 0 Å². The second kappa shape index (κ2) is 8.27. The quantitative estimate of drug-likeness (QED) is 0.734. The van der Waals surface area contributed by atoms with Gasteiger partial charge in [-0.15, -0.1) is 11.3 Å². The van der Waals surface area contributed by atoms with Crippen LogP contribution in [0, 0.1) is 0 Å². The van der Waals surface area contributed by atoms with Gasteiger partial charge in [0.15, 0.2) is 0 Å². The van der Waals surface area contributed by atoms with Gasteiger partial charge in [0.1, 0.15) is 6.04 Å². The molecule has 0 saturated heterocycles. The van der Waals surface area contributed by atoms with E-state index in [-0.39, 0.29) is 18.1 Å². The van der Waals surface area contributed by atoms with Crippen LogP contribution in [0.5, 0.6) is 0 Å². The van der Waals surface area contributed by atoms with Crippen LogP contribution in [0.4, 0.5) is 0 Å². The molecule has 2 atom stereocenters. The molecule has 0 amide bonds. The number of thiophene rings is 1. The van der Waals surface area contributed by atoms with Crippen LogP contribution in [0.25, 0.3) is 0 Å². The molecule has 0 saturated carbocycles. The number of ether oxygens (including phenoxy) is 1. The number of carbonyl (C=O) groups is 1. The summed E-state index contributed by atoms with van der Waals surface area (Å²) in [5.41, 5.74) is 0. The van der Waals surface area contributed by atoms with Crippen molar-refractivity contribution in [3.8, 4) is 0 Å². The first-order valence-corrected chi connectivity index (χ1v) is 7.56. The molecular weight excluding hydrogens is 246 g/mol. The molecule has 0 spiro atoms. The van der Waals surface area contributed by atoms with Gasteiger partial charge >= 0.3 is 5.97 Å². The van der Waals surface area contributed by atoms with E-state index < -0.39 is 0 Å². The van der Waals surface area contributed by atoms with Crippen molar-refractivity contribution >= 4 is 17.3 Å². The molecule has 0 fully saturated rings. The van der Waals surface area contributed by atoms with Crippen molar-refractivity contribution in [3.63, 3.8) is 0 Å². The number of esters is 1. The molecule has 1 heterocycles. The standard InChI is InChI=1S/C14H23NO2S/c1-4-8-12(13-9-7-10-18-13)15-11(5-2)14(16)17-6-3/h7,9-12,15H,4-6,8H2,1-3H3. The van der Waals surface area contributed by atoms with Crippen molar-refractivity contribution in [2.75, 3.05) is 6.61 Å². The average molecular weight is 269 g/mol. The Hall–Kier alpha value is -0.870. The second-order valence-electron chi connectivity index (χ2n) is 4.24. The summed E-state index contributed by atoms with van der Waals surface area (Å²) < 4.78 is 5.09. The molecule has 1 N–H and O–H groups in total. The maximum Gasteiger partial charge on any atom is 0.323 e. The van der Waals surface area contributed by atoms with Crippen molar-refractivity contribution in [1.29, 1.82) is 0 Å². The molecular formula is C14H23NO2S. The first-order chi connectivity index (χ1) is 8.72. The van der Waals surface area contributed by atoms with Crippen molar-refractivity contribution in [2.45, 2.75) is 52.1 Å². The van der Waals surface area contributed by atoms with Gasteiger partial charge in [0.25, 0.3) is 0 Å². The summed E-state index contributed by atoms with van der Waals surface area (Å²) >= 11 is 1.73. The minimum atomic E-state index is -0.205. The smallest absolute Gasteiger partial charge is 0.323 e. The van der Waals surface area contributed by atoms with E-state index >= 15 is 0 Å². The minimum absolute atomic E-state index is 0.141. The van der Waals surface area contributed by atoms with Gasteiger partial charge < -0.3 is 4.74 Å².